The highest BCUT2D eigenvalue weighted by atomic mass is 31.2. The normalized spacial score (nSPS) is 13.0. The molecule has 6 nitrogen and oxygen atoms in total. The third kappa shape index (κ3) is 17.5. The Morgan fingerprint density at radius 2 is 0.964 bits per heavy atom. The van der Waals surface area contributed by atoms with Crippen LogP contribution in [0, 0.1) is 29.1 Å². The third-order valence-corrected chi connectivity index (χ3v) is 11.0. The van der Waals surface area contributed by atoms with E-state index < -0.39 is 54.6 Å². The Bertz CT molecular complexity index is 1540. The van der Waals surface area contributed by atoms with Crippen LogP contribution in [0.4, 0.5) is 22.0 Å². The van der Waals surface area contributed by atoms with Crippen LogP contribution in [-0.4, -0.2) is 18.6 Å². The molecule has 0 aliphatic rings. The lowest BCUT2D eigenvalue weighted by Gasteiger charge is -2.25. The lowest BCUT2D eigenvalue weighted by atomic mass is 10.0. The highest BCUT2D eigenvalue weighted by Gasteiger charge is 2.39. The van der Waals surface area contributed by atoms with Crippen molar-refractivity contribution in [3.63, 3.8) is 0 Å². The summed E-state index contributed by atoms with van der Waals surface area (Å²) in [6.45, 7) is 2.32. The summed E-state index contributed by atoms with van der Waals surface area (Å²) in [5, 5.41) is 2.36. The first kappa shape index (κ1) is 46.0. The number of halogens is 5. The van der Waals surface area contributed by atoms with Crippen molar-refractivity contribution in [1.29, 1.82) is 0 Å². The van der Waals surface area contributed by atoms with Gasteiger partial charge in [0.2, 0.25) is 34.8 Å². The molecule has 0 spiro atoms. The van der Waals surface area contributed by atoms with Crippen molar-refractivity contribution in [2.24, 2.45) is 0 Å². The van der Waals surface area contributed by atoms with E-state index in [1.165, 1.54) is 121 Å². The SMILES string of the molecule is CCCCCCCCCCCCCCCCCCCCCCOC(=O)[C@H](Cc1ccccc1)N[P@](=O)(Oc1ccccc1)Oc1c(F)c(F)c(F)c(F)c1F. The van der Waals surface area contributed by atoms with Crippen molar-refractivity contribution in [3.8, 4) is 11.5 Å². The number of nitrogens with one attached hydrogen (secondary N) is 1. The van der Waals surface area contributed by atoms with Crippen LogP contribution in [0.15, 0.2) is 60.7 Å². The van der Waals surface area contributed by atoms with Gasteiger partial charge < -0.3 is 13.8 Å². The summed E-state index contributed by atoms with van der Waals surface area (Å²) in [6, 6.07) is 14.4. The minimum atomic E-state index is -5.09. The van der Waals surface area contributed by atoms with Crippen molar-refractivity contribution in [1.82, 2.24) is 5.09 Å². The third-order valence-electron chi connectivity index (χ3n) is 9.47. The van der Waals surface area contributed by atoms with Crippen LogP contribution in [0.5, 0.6) is 11.5 Å². The number of ether oxygens (including phenoxy) is 1. The molecule has 306 valence electrons. The smallest absolute Gasteiger partial charge is 0.465 e. The van der Waals surface area contributed by atoms with E-state index in [1.807, 2.05) is 0 Å². The van der Waals surface area contributed by atoms with Crippen molar-refractivity contribution in [2.75, 3.05) is 6.61 Å². The Morgan fingerprint density at radius 1 is 0.564 bits per heavy atom. The molecular weight excluding hydrogens is 736 g/mol. The van der Waals surface area contributed by atoms with E-state index in [1.54, 1.807) is 36.4 Å². The zero-order valence-electron chi connectivity index (χ0n) is 32.3. The van der Waals surface area contributed by atoms with Gasteiger partial charge in [0.05, 0.1) is 6.61 Å². The second-order valence-corrected chi connectivity index (χ2v) is 15.8. The highest BCUT2D eigenvalue weighted by molar-refractivity contribution is 7.52. The summed E-state index contributed by atoms with van der Waals surface area (Å²) in [5.74, 6) is -14.5. The molecule has 1 N–H and O–H groups in total. The molecule has 3 aromatic rings. The molecule has 12 heteroatoms. The van der Waals surface area contributed by atoms with Crippen LogP contribution in [-0.2, 0) is 20.5 Å². The Balaban J connectivity index is 1.43. The summed E-state index contributed by atoms with van der Waals surface area (Å²) >= 11 is 0. The Hall–Kier alpha value is -3.43. The van der Waals surface area contributed by atoms with E-state index in [0.717, 1.165) is 25.7 Å². The molecular formula is C43H59F5NO5P. The van der Waals surface area contributed by atoms with Crippen LogP contribution in [0.25, 0.3) is 0 Å². The average molecular weight is 796 g/mol. The maximum Gasteiger partial charge on any atom is 0.513 e. The first-order valence-electron chi connectivity index (χ1n) is 20.2. The van der Waals surface area contributed by atoms with E-state index >= 15 is 0 Å². The molecule has 3 rings (SSSR count). The number of carbonyl (C=O) groups excluding carboxylic acids is 1. The predicted molar refractivity (Wildman–Crippen MR) is 208 cm³/mol. The molecule has 0 radical (unpaired) electrons. The van der Waals surface area contributed by atoms with Crippen molar-refractivity contribution in [2.45, 2.75) is 148 Å². The largest absolute Gasteiger partial charge is 0.513 e. The summed E-state index contributed by atoms with van der Waals surface area (Å²) in [6.07, 6.45) is 24.6. The molecule has 0 fully saturated rings. The second-order valence-electron chi connectivity index (χ2n) is 14.1. The first-order chi connectivity index (χ1) is 26.6. The number of hydrogen-bond acceptors (Lipinski definition) is 5. The number of unbranched alkanes of at least 4 members (excludes halogenated alkanes) is 19. The number of esters is 1. The quantitative estimate of drug-likeness (QED) is 0.0181. The van der Waals surface area contributed by atoms with Crippen molar-refractivity contribution >= 4 is 13.7 Å². The van der Waals surface area contributed by atoms with E-state index in [-0.39, 0.29) is 18.8 Å². The van der Waals surface area contributed by atoms with Crippen LogP contribution >= 0.6 is 7.75 Å². The van der Waals surface area contributed by atoms with Gasteiger partial charge in [0.1, 0.15) is 11.8 Å². The van der Waals surface area contributed by atoms with Gasteiger partial charge in [-0.25, -0.2) is 17.7 Å². The molecule has 0 aliphatic carbocycles. The van der Waals surface area contributed by atoms with Gasteiger partial charge in [-0.05, 0) is 30.5 Å². The van der Waals surface area contributed by atoms with Gasteiger partial charge in [0, 0.05) is 0 Å². The fraction of sp³-hybridized carbons (Fsp3) is 0.558. The molecule has 55 heavy (non-hydrogen) atoms. The van der Waals surface area contributed by atoms with Gasteiger partial charge in [-0.15, -0.1) is 0 Å². The van der Waals surface area contributed by atoms with Crippen LogP contribution < -0.4 is 14.1 Å². The molecule has 3 aromatic carbocycles. The van der Waals surface area contributed by atoms with Crippen molar-refractivity contribution < 1.29 is 45.1 Å². The molecule has 0 saturated heterocycles. The van der Waals surface area contributed by atoms with Crippen molar-refractivity contribution in [3.05, 3.63) is 95.3 Å². The zero-order valence-corrected chi connectivity index (χ0v) is 33.2. The fourth-order valence-corrected chi connectivity index (χ4v) is 7.85. The van der Waals surface area contributed by atoms with Gasteiger partial charge in [-0.2, -0.15) is 13.9 Å². The molecule has 0 aliphatic heterocycles. The summed E-state index contributed by atoms with van der Waals surface area (Å²) < 4.78 is 101. The minimum Gasteiger partial charge on any atom is -0.465 e. The topological polar surface area (TPSA) is 73.9 Å². The molecule has 0 aromatic heterocycles. The zero-order chi connectivity index (χ0) is 39.7. The molecule has 0 amide bonds. The lowest BCUT2D eigenvalue weighted by molar-refractivity contribution is -0.145. The number of rotatable bonds is 30. The number of carbonyl (C=O) groups is 1. The molecule has 2 atom stereocenters. The van der Waals surface area contributed by atoms with Gasteiger partial charge in [-0.1, -0.05) is 177 Å². The Kier molecular flexibility index (Phi) is 22.1. The molecule has 0 bridgehead atoms. The summed E-state index contributed by atoms with van der Waals surface area (Å²) in [7, 11) is -5.09. The van der Waals surface area contributed by atoms with Gasteiger partial charge >= 0.3 is 13.7 Å². The van der Waals surface area contributed by atoms with Crippen LogP contribution in [0.2, 0.25) is 0 Å². The molecule has 0 heterocycles. The monoisotopic (exact) mass is 795 g/mol. The van der Waals surface area contributed by atoms with E-state index in [0.29, 0.717) is 12.0 Å². The summed E-state index contributed by atoms with van der Waals surface area (Å²) in [5.41, 5.74) is 0.596. The van der Waals surface area contributed by atoms with E-state index in [9.17, 15) is 31.3 Å². The minimum absolute atomic E-state index is 0.0626. The van der Waals surface area contributed by atoms with Gasteiger partial charge in [-0.3, -0.25) is 4.79 Å². The standard InChI is InChI=1S/C43H59F5NO5P/c1-2-3-4-5-6-7-8-9-10-11-12-13-14-15-16-17-18-19-20-27-32-52-43(50)36(33-34-28-23-21-24-29-34)49-55(51,53-35-30-25-22-26-31-35)54-42-40(47)38(45)37(44)39(46)41(42)48/h21-26,28-31,36H,2-20,27,32-33H2,1H3,(H,49,51)/t36-,55-/m0/s1. The maximum atomic E-state index is 14.7. The fourth-order valence-electron chi connectivity index (χ4n) is 6.33. The molecule has 0 saturated carbocycles. The van der Waals surface area contributed by atoms with Gasteiger partial charge in [0.25, 0.3) is 0 Å². The lowest BCUT2D eigenvalue weighted by Crippen LogP contribution is -2.40. The Labute approximate surface area is 324 Å². The Morgan fingerprint density at radius 3 is 1.42 bits per heavy atom. The molecule has 0 unspecified atom stereocenters. The highest BCUT2D eigenvalue weighted by Crippen LogP contribution is 2.48. The maximum absolute atomic E-state index is 14.7. The average Bonchev–Trinajstić information content (AvgIpc) is 3.19. The number of benzene rings is 3. The van der Waals surface area contributed by atoms with Crippen LogP contribution in [0.3, 0.4) is 0 Å². The first-order valence-corrected chi connectivity index (χ1v) is 21.7. The number of para-hydroxylation sites is 1. The number of hydrogen-bond donors (Lipinski definition) is 1. The van der Waals surface area contributed by atoms with Gasteiger partial charge in [0.15, 0.2) is 0 Å². The summed E-state index contributed by atoms with van der Waals surface area (Å²) in [4.78, 5) is 13.4. The second kappa shape index (κ2) is 26.4. The van der Waals surface area contributed by atoms with E-state index in [2.05, 4.69) is 12.0 Å². The van der Waals surface area contributed by atoms with Crippen LogP contribution in [0.1, 0.15) is 141 Å². The predicted octanol–water partition coefficient (Wildman–Crippen LogP) is 13.5. The van der Waals surface area contributed by atoms with E-state index in [4.69, 9.17) is 13.8 Å².